The number of halogens is 2. The number of aryl methyl sites for hydroxylation is 1. The second-order valence-corrected chi connectivity index (χ2v) is 8.89. The van der Waals surface area contributed by atoms with Crippen LogP contribution in [-0.4, -0.2) is 27.0 Å². The van der Waals surface area contributed by atoms with E-state index in [0.717, 1.165) is 17.7 Å². The number of carbonyl (C=O) groups is 1. The minimum Gasteiger partial charge on any atom is -0.315 e. The van der Waals surface area contributed by atoms with Crippen molar-refractivity contribution in [1.29, 1.82) is 0 Å². The number of para-hydroxylation sites is 2. The number of nitrogens with one attached hydrogen (secondary N) is 1. The number of carbonyl (C=O) groups excluding carboxylic acids is 1. The molecule has 0 radical (unpaired) electrons. The van der Waals surface area contributed by atoms with Gasteiger partial charge in [-0.3, -0.25) is 9.36 Å². The zero-order chi connectivity index (χ0) is 25.1. The maximum Gasteiger partial charge on any atom is 0.322 e. The monoisotopic (exact) mass is 508 g/mol. The Kier molecular flexibility index (Phi) is 7.43. The van der Waals surface area contributed by atoms with Gasteiger partial charge in [-0.1, -0.05) is 66.5 Å². The fourth-order valence-corrected chi connectivity index (χ4v) is 4.56. The van der Waals surface area contributed by atoms with Gasteiger partial charge in [0.2, 0.25) is 0 Å². The molecule has 1 unspecified atom stereocenters. The number of fused-ring (bicyclic) bond motifs is 1. The Morgan fingerprint density at radius 2 is 1.74 bits per heavy atom. The molecule has 4 aromatic rings. The number of nitrogens with zero attached hydrogens (tertiary/aromatic N) is 3. The van der Waals surface area contributed by atoms with Gasteiger partial charge in [-0.25, -0.2) is 9.78 Å². The molecule has 1 N–H and O–H groups in total. The highest BCUT2D eigenvalue weighted by atomic mass is 35.5. The molecule has 0 aliphatic carbocycles. The summed E-state index contributed by atoms with van der Waals surface area (Å²) in [6, 6.07) is 19.2. The number of rotatable bonds is 6. The first-order valence-corrected chi connectivity index (χ1v) is 12.2. The third-order valence-corrected chi connectivity index (χ3v) is 6.87. The molecule has 2 amide bonds. The Morgan fingerprint density at radius 3 is 2.49 bits per heavy atom. The number of urea groups is 1. The van der Waals surface area contributed by atoms with Crippen molar-refractivity contribution in [1.82, 2.24) is 14.5 Å². The third kappa shape index (κ3) is 4.77. The minimum atomic E-state index is -0.528. The molecule has 1 atom stereocenters. The number of anilines is 1. The van der Waals surface area contributed by atoms with E-state index in [-0.39, 0.29) is 16.6 Å². The molecule has 3 aromatic carbocycles. The Bertz CT molecular complexity index is 1450. The van der Waals surface area contributed by atoms with Gasteiger partial charge in [-0.05, 0) is 56.2 Å². The summed E-state index contributed by atoms with van der Waals surface area (Å²) < 4.78 is 1.63. The van der Waals surface area contributed by atoms with E-state index in [9.17, 15) is 9.59 Å². The topological polar surface area (TPSA) is 67.2 Å². The maximum absolute atomic E-state index is 13.7. The number of hydrogen-bond donors (Lipinski definition) is 1. The molecule has 0 aliphatic heterocycles. The van der Waals surface area contributed by atoms with E-state index in [4.69, 9.17) is 28.2 Å². The quantitative estimate of drug-likeness (QED) is 0.309. The summed E-state index contributed by atoms with van der Waals surface area (Å²) in [5, 5.41) is 3.98. The average Bonchev–Trinajstić information content (AvgIpc) is 2.87. The zero-order valence-electron chi connectivity index (χ0n) is 19.8. The standard InChI is InChI=1S/C27H26Cl2N4O2/c1-4-18-11-6-9-16-23(18)33-25(30-21-14-8-7-12-19(21)26(33)34)17(3)32(5-2)27(35)31-22-15-10-13-20(28)24(22)29/h6-17H,4-5H2,1-3H3,(H,31,35). The normalized spacial score (nSPS) is 11.9. The molecule has 0 spiro atoms. The first-order valence-electron chi connectivity index (χ1n) is 11.5. The molecule has 4 rings (SSSR count). The van der Waals surface area contributed by atoms with Gasteiger partial charge in [0, 0.05) is 6.54 Å². The van der Waals surface area contributed by atoms with Crippen LogP contribution in [0, 0.1) is 0 Å². The van der Waals surface area contributed by atoms with Crippen LogP contribution in [0.3, 0.4) is 0 Å². The van der Waals surface area contributed by atoms with Gasteiger partial charge in [0.25, 0.3) is 5.56 Å². The highest BCUT2D eigenvalue weighted by molar-refractivity contribution is 6.43. The van der Waals surface area contributed by atoms with Crippen molar-refractivity contribution >= 4 is 45.8 Å². The van der Waals surface area contributed by atoms with Crippen molar-refractivity contribution < 1.29 is 4.79 Å². The molecule has 35 heavy (non-hydrogen) atoms. The molecule has 0 aliphatic rings. The van der Waals surface area contributed by atoms with Crippen LogP contribution in [0.15, 0.2) is 71.5 Å². The second-order valence-electron chi connectivity index (χ2n) is 8.10. The van der Waals surface area contributed by atoms with Gasteiger partial charge in [0.1, 0.15) is 5.82 Å². The molecule has 180 valence electrons. The first-order chi connectivity index (χ1) is 16.9. The highest BCUT2D eigenvalue weighted by Gasteiger charge is 2.27. The van der Waals surface area contributed by atoms with Crippen molar-refractivity contribution in [3.8, 4) is 5.69 Å². The Morgan fingerprint density at radius 1 is 1.03 bits per heavy atom. The van der Waals surface area contributed by atoms with Crippen LogP contribution < -0.4 is 10.9 Å². The Balaban J connectivity index is 1.85. The lowest BCUT2D eigenvalue weighted by atomic mass is 10.1. The molecule has 0 fully saturated rings. The molecular weight excluding hydrogens is 483 g/mol. The summed E-state index contributed by atoms with van der Waals surface area (Å²) in [4.78, 5) is 33.6. The van der Waals surface area contributed by atoms with E-state index in [1.54, 1.807) is 33.7 Å². The van der Waals surface area contributed by atoms with Crippen molar-refractivity contribution in [3.63, 3.8) is 0 Å². The predicted molar refractivity (Wildman–Crippen MR) is 143 cm³/mol. The van der Waals surface area contributed by atoms with E-state index >= 15 is 0 Å². The van der Waals surface area contributed by atoms with Crippen LogP contribution in [0.1, 0.15) is 38.2 Å². The van der Waals surface area contributed by atoms with Gasteiger partial charge in [-0.2, -0.15) is 0 Å². The van der Waals surface area contributed by atoms with E-state index in [0.29, 0.717) is 34.0 Å². The first kappa shape index (κ1) is 24.8. The smallest absolute Gasteiger partial charge is 0.315 e. The van der Waals surface area contributed by atoms with Crippen LogP contribution in [0.4, 0.5) is 10.5 Å². The van der Waals surface area contributed by atoms with E-state index in [1.165, 1.54) is 0 Å². The van der Waals surface area contributed by atoms with Crippen LogP contribution in [-0.2, 0) is 6.42 Å². The molecule has 1 aromatic heterocycles. The van der Waals surface area contributed by atoms with Crippen LogP contribution in [0.5, 0.6) is 0 Å². The van der Waals surface area contributed by atoms with Gasteiger partial charge >= 0.3 is 6.03 Å². The summed E-state index contributed by atoms with van der Waals surface area (Å²) in [6.07, 6.45) is 0.745. The lowest BCUT2D eigenvalue weighted by Crippen LogP contribution is -2.40. The van der Waals surface area contributed by atoms with Gasteiger partial charge in [0.15, 0.2) is 0 Å². The fourth-order valence-electron chi connectivity index (χ4n) is 4.21. The Hall–Kier alpha value is -3.35. The average molecular weight is 509 g/mol. The molecular formula is C27H26Cl2N4O2. The van der Waals surface area contributed by atoms with Crippen molar-refractivity contribution in [2.24, 2.45) is 0 Å². The number of benzene rings is 3. The number of amides is 2. The largest absolute Gasteiger partial charge is 0.322 e. The van der Waals surface area contributed by atoms with E-state index in [2.05, 4.69) is 5.32 Å². The molecule has 0 saturated heterocycles. The molecule has 0 saturated carbocycles. The lowest BCUT2D eigenvalue weighted by molar-refractivity contribution is 0.193. The van der Waals surface area contributed by atoms with Crippen molar-refractivity contribution in [2.75, 3.05) is 11.9 Å². The Labute approximate surface area is 214 Å². The molecule has 8 heteroatoms. The highest BCUT2D eigenvalue weighted by Crippen LogP contribution is 2.31. The lowest BCUT2D eigenvalue weighted by Gasteiger charge is -2.30. The van der Waals surface area contributed by atoms with Crippen molar-refractivity contribution in [3.05, 3.63) is 98.5 Å². The SMILES string of the molecule is CCc1ccccc1-n1c(C(C)N(CC)C(=O)Nc2cccc(Cl)c2Cl)nc2ccccc2c1=O. The van der Waals surface area contributed by atoms with Crippen LogP contribution in [0.2, 0.25) is 10.0 Å². The molecule has 1 heterocycles. The number of aromatic nitrogens is 2. The van der Waals surface area contributed by atoms with Gasteiger partial charge < -0.3 is 10.2 Å². The molecule has 6 nitrogen and oxygen atoms in total. The second kappa shape index (κ2) is 10.5. The maximum atomic E-state index is 13.7. The van der Waals surface area contributed by atoms with Crippen LogP contribution in [0.25, 0.3) is 16.6 Å². The van der Waals surface area contributed by atoms with Gasteiger partial charge in [-0.15, -0.1) is 0 Å². The minimum absolute atomic E-state index is 0.173. The van der Waals surface area contributed by atoms with Gasteiger partial charge in [0.05, 0.1) is 38.4 Å². The van der Waals surface area contributed by atoms with Crippen LogP contribution >= 0.6 is 23.2 Å². The summed E-state index contributed by atoms with van der Waals surface area (Å²) in [5.41, 5.74) is 2.59. The summed E-state index contributed by atoms with van der Waals surface area (Å²) >= 11 is 12.4. The third-order valence-electron chi connectivity index (χ3n) is 6.05. The fraction of sp³-hybridized carbons (Fsp3) is 0.222. The van der Waals surface area contributed by atoms with E-state index in [1.807, 2.05) is 63.2 Å². The number of hydrogen-bond acceptors (Lipinski definition) is 3. The zero-order valence-corrected chi connectivity index (χ0v) is 21.3. The van der Waals surface area contributed by atoms with Crippen molar-refractivity contribution in [2.45, 2.75) is 33.2 Å². The summed E-state index contributed by atoms with van der Waals surface area (Å²) in [7, 11) is 0. The van der Waals surface area contributed by atoms with E-state index < -0.39 is 6.04 Å². The predicted octanol–water partition coefficient (Wildman–Crippen LogP) is 6.87. The molecule has 0 bridgehead atoms. The summed E-state index contributed by atoms with van der Waals surface area (Å²) in [6.45, 7) is 6.16. The summed E-state index contributed by atoms with van der Waals surface area (Å²) in [5.74, 6) is 0.476.